The van der Waals surface area contributed by atoms with Crippen LogP contribution >= 0.6 is 10.7 Å². The van der Waals surface area contributed by atoms with Crippen molar-refractivity contribution in [1.82, 2.24) is 4.98 Å². The lowest BCUT2D eigenvalue weighted by Crippen LogP contribution is -2.16. The van der Waals surface area contributed by atoms with E-state index in [1.54, 1.807) is 0 Å². The largest absolute Gasteiger partial charge is 0.482 e. The van der Waals surface area contributed by atoms with Crippen LogP contribution in [-0.4, -0.2) is 20.5 Å². The van der Waals surface area contributed by atoms with Crippen molar-refractivity contribution in [2.75, 3.05) is 7.11 Å². The molecule has 16 heavy (non-hydrogen) atoms. The van der Waals surface area contributed by atoms with E-state index in [0.717, 1.165) is 13.2 Å². The van der Waals surface area contributed by atoms with E-state index in [4.69, 9.17) is 10.7 Å². The molecule has 0 fully saturated rings. The van der Waals surface area contributed by atoms with Crippen molar-refractivity contribution in [3.8, 4) is 5.88 Å². The number of rotatable bonds is 3. The lowest BCUT2D eigenvalue weighted by molar-refractivity contribution is 0.141. The Labute approximate surface area is 93.4 Å². The van der Waals surface area contributed by atoms with Crippen LogP contribution in [0.3, 0.4) is 0 Å². The summed E-state index contributed by atoms with van der Waals surface area (Å²) in [6.07, 6.45) is -3.19. The average Bonchev–Trinajstić information content (AvgIpc) is 2.14. The molecular formula is C7H6ClF2NO4S. The van der Waals surface area contributed by atoms with E-state index in [0.29, 0.717) is 0 Å². The van der Waals surface area contributed by atoms with E-state index in [1.165, 1.54) is 0 Å². The summed E-state index contributed by atoms with van der Waals surface area (Å²) in [5.74, 6) is -0.274. The Hall–Kier alpha value is -1.15. The first-order valence-corrected chi connectivity index (χ1v) is 6.12. The lowest BCUT2D eigenvalue weighted by Gasteiger charge is -2.07. The van der Waals surface area contributed by atoms with Crippen molar-refractivity contribution >= 4 is 19.7 Å². The van der Waals surface area contributed by atoms with E-state index in [9.17, 15) is 22.0 Å². The maximum absolute atomic E-state index is 12.5. The molecule has 0 saturated heterocycles. The van der Waals surface area contributed by atoms with Crippen LogP contribution in [0.4, 0.5) is 8.78 Å². The first-order valence-electron chi connectivity index (χ1n) is 3.81. The fourth-order valence-electron chi connectivity index (χ4n) is 1.06. The minimum atomic E-state index is -4.54. The van der Waals surface area contributed by atoms with Gasteiger partial charge in [-0.1, -0.05) is 0 Å². The maximum atomic E-state index is 12.5. The third-order valence-electron chi connectivity index (χ3n) is 1.67. The molecule has 0 spiro atoms. The Balaban J connectivity index is 3.67. The second-order valence-electron chi connectivity index (χ2n) is 2.68. The van der Waals surface area contributed by atoms with Crippen molar-refractivity contribution in [2.45, 2.75) is 11.3 Å². The van der Waals surface area contributed by atoms with Gasteiger partial charge in [0.1, 0.15) is 5.69 Å². The van der Waals surface area contributed by atoms with Gasteiger partial charge in [0.15, 0.2) is 10.8 Å². The first kappa shape index (κ1) is 12.9. The Bertz CT molecular complexity index is 554. The Morgan fingerprint density at radius 2 is 2.06 bits per heavy atom. The number of ether oxygens (including phenoxy) is 1. The van der Waals surface area contributed by atoms with Crippen LogP contribution in [0.25, 0.3) is 0 Å². The second kappa shape index (κ2) is 4.38. The summed E-state index contributed by atoms with van der Waals surface area (Å²) in [6.45, 7) is 0. The zero-order valence-electron chi connectivity index (χ0n) is 7.83. The molecule has 0 unspecified atom stereocenters. The lowest BCUT2D eigenvalue weighted by atomic mass is 10.3. The normalized spacial score (nSPS) is 11.8. The van der Waals surface area contributed by atoms with Crippen LogP contribution in [0.15, 0.2) is 15.8 Å². The molecule has 0 saturated carbocycles. The van der Waals surface area contributed by atoms with Crippen molar-refractivity contribution in [1.29, 1.82) is 0 Å². The Morgan fingerprint density at radius 1 is 1.50 bits per heavy atom. The average molecular weight is 274 g/mol. The summed E-state index contributed by atoms with van der Waals surface area (Å²) < 4.78 is 51.4. The molecule has 1 heterocycles. The van der Waals surface area contributed by atoms with Gasteiger partial charge in [-0.2, -0.15) is 0 Å². The summed E-state index contributed by atoms with van der Waals surface area (Å²) in [7, 11) is 1.48. The minimum absolute atomic E-state index is 0.274. The van der Waals surface area contributed by atoms with Crippen molar-refractivity contribution in [3.63, 3.8) is 0 Å². The molecule has 1 rings (SSSR count). The van der Waals surface area contributed by atoms with Gasteiger partial charge in [0.05, 0.1) is 7.11 Å². The van der Waals surface area contributed by atoms with Crippen molar-refractivity contribution in [3.05, 3.63) is 22.0 Å². The zero-order chi connectivity index (χ0) is 12.5. The molecule has 90 valence electrons. The third kappa shape index (κ3) is 2.50. The molecule has 0 aliphatic carbocycles. The molecule has 9 heteroatoms. The Morgan fingerprint density at radius 3 is 2.44 bits per heavy atom. The van der Waals surface area contributed by atoms with E-state index < -0.39 is 31.5 Å². The highest BCUT2D eigenvalue weighted by Gasteiger charge is 2.26. The minimum Gasteiger partial charge on any atom is -0.482 e. The van der Waals surface area contributed by atoms with Crippen molar-refractivity contribution in [2.24, 2.45) is 0 Å². The molecule has 0 bridgehead atoms. The van der Waals surface area contributed by atoms with Gasteiger partial charge in [0.2, 0.25) is 5.43 Å². The number of aromatic amines is 1. The summed E-state index contributed by atoms with van der Waals surface area (Å²) in [5, 5.41) is 0. The number of hydrogen-bond donors (Lipinski definition) is 1. The second-order valence-corrected chi connectivity index (χ2v) is 5.19. The van der Waals surface area contributed by atoms with Crippen LogP contribution in [0.2, 0.25) is 0 Å². The molecular weight excluding hydrogens is 268 g/mol. The topological polar surface area (TPSA) is 76.2 Å². The molecule has 0 radical (unpaired) electrons. The van der Waals surface area contributed by atoms with Crippen LogP contribution in [0.1, 0.15) is 12.1 Å². The van der Waals surface area contributed by atoms with Crippen LogP contribution in [0.5, 0.6) is 5.88 Å². The number of pyridine rings is 1. The van der Waals surface area contributed by atoms with Gasteiger partial charge in [-0.25, -0.2) is 17.2 Å². The maximum Gasteiger partial charge on any atom is 0.279 e. The van der Waals surface area contributed by atoms with Crippen LogP contribution < -0.4 is 10.2 Å². The van der Waals surface area contributed by atoms with Gasteiger partial charge in [-0.3, -0.25) is 4.79 Å². The molecule has 0 amide bonds. The van der Waals surface area contributed by atoms with Gasteiger partial charge in [-0.15, -0.1) is 0 Å². The molecule has 0 aliphatic rings. The number of nitrogens with one attached hydrogen (secondary N) is 1. The quantitative estimate of drug-likeness (QED) is 0.841. The fourth-order valence-corrected chi connectivity index (χ4v) is 2.24. The number of hydrogen-bond acceptors (Lipinski definition) is 4. The highest BCUT2D eigenvalue weighted by Crippen LogP contribution is 2.25. The monoisotopic (exact) mass is 273 g/mol. The number of alkyl halides is 2. The number of halogens is 3. The number of aromatic nitrogens is 1. The van der Waals surface area contributed by atoms with Crippen LogP contribution in [0, 0.1) is 0 Å². The van der Waals surface area contributed by atoms with Crippen molar-refractivity contribution < 1.29 is 21.9 Å². The molecule has 1 N–H and O–H groups in total. The van der Waals surface area contributed by atoms with E-state index in [-0.39, 0.29) is 5.88 Å². The van der Waals surface area contributed by atoms with Crippen LogP contribution in [-0.2, 0) is 9.05 Å². The van der Waals surface area contributed by atoms with E-state index in [1.807, 2.05) is 4.98 Å². The molecule has 5 nitrogen and oxygen atoms in total. The first-order chi connectivity index (χ1) is 7.27. The third-order valence-corrected chi connectivity index (χ3v) is 3.04. The molecule has 0 atom stereocenters. The van der Waals surface area contributed by atoms with Gasteiger partial charge < -0.3 is 9.72 Å². The molecule has 1 aromatic rings. The SMILES string of the molecule is COc1cc(=O)c(S(=O)(=O)Cl)c(C(F)F)[nH]1. The van der Waals surface area contributed by atoms with E-state index in [2.05, 4.69) is 4.74 Å². The highest BCUT2D eigenvalue weighted by molar-refractivity contribution is 8.13. The summed E-state index contributed by atoms with van der Waals surface area (Å²) in [6, 6.07) is 0.723. The molecule has 1 aromatic heterocycles. The molecule has 0 aromatic carbocycles. The van der Waals surface area contributed by atoms with E-state index >= 15 is 0 Å². The van der Waals surface area contributed by atoms with Gasteiger partial charge >= 0.3 is 0 Å². The summed E-state index contributed by atoms with van der Waals surface area (Å²) in [4.78, 5) is 12.1. The number of methoxy groups -OCH3 is 1. The Kier molecular flexibility index (Phi) is 3.54. The zero-order valence-corrected chi connectivity index (χ0v) is 9.40. The summed E-state index contributed by atoms with van der Waals surface area (Å²) in [5.41, 5.74) is -2.24. The smallest absolute Gasteiger partial charge is 0.279 e. The predicted octanol–water partition coefficient (Wildman–Crippen LogP) is 1.25. The van der Waals surface area contributed by atoms with Gasteiger partial charge in [0, 0.05) is 16.7 Å². The highest BCUT2D eigenvalue weighted by atomic mass is 35.7. The fraction of sp³-hybridized carbons (Fsp3) is 0.286. The predicted molar refractivity (Wildman–Crippen MR) is 51.6 cm³/mol. The standard InChI is InChI=1S/C7H6ClF2NO4S/c1-15-4-2-3(12)6(16(8,13)14)5(11-4)7(9)10/h2,7H,1H3,(H,11,12). The molecule has 0 aliphatic heterocycles. The van der Waals surface area contributed by atoms with Gasteiger partial charge in [-0.05, 0) is 0 Å². The summed E-state index contributed by atoms with van der Waals surface area (Å²) >= 11 is 0. The van der Waals surface area contributed by atoms with Gasteiger partial charge in [0.25, 0.3) is 15.5 Å². The number of H-pyrrole nitrogens is 1.